The molecule has 1 aromatic carbocycles. The number of fused-ring (bicyclic) bond motifs is 1. The number of carbonyl (C=O) groups excluding carboxylic acids is 1. The number of hydrogen-bond acceptors (Lipinski definition) is 2. The highest BCUT2D eigenvalue weighted by Crippen LogP contribution is 2.39. The van der Waals surface area contributed by atoms with Gasteiger partial charge in [0.25, 0.3) is 0 Å². The first-order valence-electron chi connectivity index (χ1n) is 7.02. The van der Waals surface area contributed by atoms with Gasteiger partial charge in [-0.2, -0.15) is 0 Å². The summed E-state index contributed by atoms with van der Waals surface area (Å²) >= 11 is 12.2. The van der Waals surface area contributed by atoms with Crippen LogP contribution in [0.25, 0.3) is 0 Å². The van der Waals surface area contributed by atoms with Crippen LogP contribution in [0.4, 0.5) is 11.4 Å². The number of hydrogen-bond donors (Lipinski definition) is 1. The number of carbonyl (C=O) groups is 1. The highest BCUT2D eigenvalue weighted by atomic mass is 35.5. The van der Waals surface area contributed by atoms with Crippen molar-refractivity contribution in [3.8, 4) is 0 Å². The summed E-state index contributed by atoms with van der Waals surface area (Å²) < 4.78 is 0. The van der Waals surface area contributed by atoms with Crippen molar-refractivity contribution in [2.45, 2.75) is 39.7 Å². The largest absolute Gasteiger partial charge is 0.372 e. The number of benzene rings is 1. The van der Waals surface area contributed by atoms with Crippen molar-refractivity contribution in [3.63, 3.8) is 0 Å². The highest BCUT2D eigenvalue weighted by Gasteiger charge is 2.34. The molecule has 20 heavy (non-hydrogen) atoms. The van der Waals surface area contributed by atoms with E-state index in [1.807, 2.05) is 18.7 Å². The van der Waals surface area contributed by atoms with E-state index in [4.69, 9.17) is 23.2 Å². The minimum atomic E-state index is -0.211. The van der Waals surface area contributed by atoms with Crippen molar-refractivity contribution in [1.82, 2.24) is 0 Å². The van der Waals surface area contributed by atoms with Crippen LogP contribution in [-0.4, -0.2) is 18.5 Å². The fourth-order valence-corrected chi connectivity index (χ4v) is 2.71. The Kier molecular flexibility index (Phi) is 4.82. The van der Waals surface area contributed by atoms with E-state index in [1.54, 1.807) is 12.1 Å². The van der Waals surface area contributed by atoms with E-state index in [9.17, 15) is 4.79 Å². The predicted octanol–water partition coefficient (Wildman–Crippen LogP) is 4.58. The van der Waals surface area contributed by atoms with Crippen LogP contribution >= 0.6 is 23.2 Å². The van der Waals surface area contributed by atoms with Gasteiger partial charge in [-0.3, -0.25) is 4.79 Å². The first-order valence-corrected chi connectivity index (χ1v) is 7.78. The monoisotopic (exact) mass is 314 g/mol. The molecule has 3 nitrogen and oxygen atoms in total. The second-order valence-corrected chi connectivity index (χ2v) is 6.31. The summed E-state index contributed by atoms with van der Waals surface area (Å²) in [5.74, 6) is 0.327. The molecule has 0 radical (unpaired) electrons. The van der Waals surface area contributed by atoms with Crippen LogP contribution in [0.2, 0.25) is 10.0 Å². The molecule has 0 bridgehead atoms. The van der Waals surface area contributed by atoms with E-state index in [-0.39, 0.29) is 17.9 Å². The molecular weight excluding hydrogens is 295 g/mol. The van der Waals surface area contributed by atoms with Crippen LogP contribution in [-0.2, 0) is 4.79 Å². The lowest BCUT2D eigenvalue weighted by atomic mass is 9.98. The Morgan fingerprint density at radius 2 is 1.95 bits per heavy atom. The average Bonchev–Trinajstić information content (AvgIpc) is 2.39. The number of rotatable bonds is 4. The summed E-state index contributed by atoms with van der Waals surface area (Å²) in [4.78, 5) is 14.5. The second kappa shape index (κ2) is 6.23. The predicted molar refractivity (Wildman–Crippen MR) is 86.0 cm³/mol. The number of unbranched alkanes of at least 4 members (excludes halogenated alkanes) is 1. The summed E-state index contributed by atoms with van der Waals surface area (Å²) in [6, 6.07) is 3.37. The van der Waals surface area contributed by atoms with Crippen molar-refractivity contribution >= 4 is 40.5 Å². The number of nitrogens with zero attached hydrogens (tertiary/aromatic N) is 1. The molecule has 0 saturated heterocycles. The molecule has 1 aromatic rings. The van der Waals surface area contributed by atoms with Crippen LogP contribution in [0.5, 0.6) is 0 Å². The maximum Gasteiger partial charge on any atom is 0.249 e. The van der Waals surface area contributed by atoms with Gasteiger partial charge in [-0.15, -0.1) is 0 Å². The van der Waals surface area contributed by atoms with Crippen molar-refractivity contribution in [2.75, 3.05) is 16.8 Å². The summed E-state index contributed by atoms with van der Waals surface area (Å²) in [6.45, 7) is 6.90. The Morgan fingerprint density at radius 3 is 2.55 bits per heavy atom. The maximum absolute atomic E-state index is 12.6. The van der Waals surface area contributed by atoms with Crippen LogP contribution in [0, 0.1) is 5.92 Å². The molecule has 1 aliphatic rings. The lowest BCUT2D eigenvalue weighted by Crippen LogP contribution is -2.50. The molecule has 0 aromatic heterocycles. The number of nitrogens with one attached hydrogen (secondary N) is 1. The van der Waals surface area contributed by atoms with Crippen LogP contribution in [0.3, 0.4) is 0 Å². The third kappa shape index (κ3) is 2.89. The van der Waals surface area contributed by atoms with Crippen LogP contribution in [0.1, 0.15) is 33.6 Å². The van der Waals surface area contributed by atoms with Crippen LogP contribution in [0.15, 0.2) is 12.1 Å². The first-order chi connectivity index (χ1) is 9.45. The molecule has 0 fully saturated rings. The molecular formula is C15H20Cl2N2O. The minimum Gasteiger partial charge on any atom is -0.372 e. The molecule has 2 rings (SSSR count). The van der Waals surface area contributed by atoms with Crippen molar-refractivity contribution < 1.29 is 4.79 Å². The molecule has 5 heteroatoms. The molecule has 1 unspecified atom stereocenters. The fourth-order valence-electron chi connectivity index (χ4n) is 2.39. The summed E-state index contributed by atoms with van der Waals surface area (Å²) in [5.41, 5.74) is 1.71. The van der Waals surface area contributed by atoms with Gasteiger partial charge in [-0.1, -0.05) is 50.4 Å². The van der Waals surface area contributed by atoms with Gasteiger partial charge < -0.3 is 10.2 Å². The standard InChI is InChI=1S/C15H20Cl2N2O/c1-4-5-6-19-13-8-11(17)10(16)7-12(13)18-14(9(2)3)15(19)20/h7-9,14,18H,4-6H2,1-3H3. The zero-order valence-corrected chi connectivity index (χ0v) is 13.6. The fraction of sp³-hybridized carbons (Fsp3) is 0.533. The van der Waals surface area contributed by atoms with Gasteiger partial charge in [0, 0.05) is 6.54 Å². The van der Waals surface area contributed by atoms with Gasteiger partial charge in [-0.25, -0.2) is 0 Å². The van der Waals surface area contributed by atoms with Gasteiger partial charge in [0.05, 0.1) is 21.4 Å². The van der Waals surface area contributed by atoms with Crippen molar-refractivity contribution in [2.24, 2.45) is 5.92 Å². The van der Waals surface area contributed by atoms with E-state index < -0.39 is 0 Å². The molecule has 1 aliphatic heterocycles. The van der Waals surface area contributed by atoms with Gasteiger partial charge in [0.2, 0.25) is 5.91 Å². The molecule has 1 amide bonds. The molecule has 1 N–H and O–H groups in total. The lowest BCUT2D eigenvalue weighted by molar-refractivity contribution is -0.120. The third-order valence-electron chi connectivity index (χ3n) is 3.57. The van der Waals surface area contributed by atoms with Gasteiger partial charge >= 0.3 is 0 Å². The normalized spacial score (nSPS) is 18.2. The number of halogens is 2. The molecule has 1 heterocycles. The van der Waals surface area contributed by atoms with Crippen molar-refractivity contribution in [3.05, 3.63) is 22.2 Å². The van der Waals surface area contributed by atoms with E-state index in [1.165, 1.54) is 0 Å². The molecule has 0 saturated carbocycles. The Hall–Kier alpha value is -0.930. The number of anilines is 2. The minimum absolute atomic E-state index is 0.110. The Labute approximate surface area is 130 Å². The van der Waals surface area contributed by atoms with Gasteiger partial charge in [0.15, 0.2) is 0 Å². The Morgan fingerprint density at radius 1 is 1.30 bits per heavy atom. The van der Waals surface area contributed by atoms with E-state index in [0.29, 0.717) is 16.6 Å². The van der Waals surface area contributed by atoms with E-state index in [2.05, 4.69) is 12.2 Å². The molecule has 1 atom stereocenters. The van der Waals surface area contributed by atoms with E-state index in [0.717, 1.165) is 24.2 Å². The Bertz CT molecular complexity index is 517. The lowest BCUT2D eigenvalue weighted by Gasteiger charge is -2.37. The van der Waals surface area contributed by atoms with Gasteiger partial charge in [0.1, 0.15) is 6.04 Å². The topological polar surface area (TPSA) is 32.3 Å². The van der Waals surface area contributed by atoms with Crippen LogP contribution < -0.4 is 10.2 Å². The molecule has 110 valence electrons. The average molecular weight is 315 g/mol. The quantitative estimate of drug-likeness (QED) is 0.882. The van der Waals surface area contributed by atoms with E-state index >= 15 is 0 Å². The summed E-state index contributed by atoms with van der Waals surface area (Å²) in [7, 11) is 0. The zero-order valence-electron chi connectivity index (χ0n) is 12.0. The molecule has 0 spiro atoms. The Balaban J connectivity index is 2.44. The highest BCUT2D eigenvalue weighted by molar-refractivity contribution is 6.42. The summed E-state index contributed by atoms with van der Waals surface area (Å²) in [5, 5.41) is 4.27. The maximum atomic E-state index is 12.6. The number of amides is 1. The SMILES string of the molecule is CCCCN1C(=O)C(C(C)C)Nc2cc(Cl)c(Cl)cc21. The molecule has 0 aliphatic carbocycles. The zero-order chi connectivity index (χ0) is 14.9. The summed E-state index contributed by atoms with van der Waals surface area (Å²) in [6.07, 6.45) is 2.01. The first kappa shape index (κ1) is 15.5. The smallest absolute Gasteiger partial charge is 0.249 e. The van der Waals surface area contributed by atoms with Crippen molar-refractivity contribution in [1.29, 1.82) is 0 Å². The third-order valence-corrected chi connectivity index (χ3v) is 4.30. The second-order valence-electron chi connectivity index (χ2n) is 5.49. The van der Waals surface area contributed by atoms with Gasteiger partial charge in [-0.05, 0) is 24.5 Å².